The van der Waals surface area contributed by atoms with Crippen LogP contribution in [0.3, 0.4) is 0 Å². The SMILES string of the molecule is COC(=O)c1cc(OC(C)C)c(OC)cc1N. The van der Waals surface area contributed by atoms with Crippen molar-refractivity contribution in [2.75, 3.05) is 20.0 Å². The van der Waals surface area contributed by atoms with Crippen molar-refractivity contribution in [1.29, 1.82) is 0 Å². The summed E-state index contributed by atoms with van der Waals surface area (Å²) in [5.41, 5.74) is 6.30. The average Bonchev–Trinajstić information content (AvgIpc) is 2.29. The number of hydrogen-bond acceptors (Lipinski definition) is 5. The van der Waals surface area contributed by atoms with E-state index in [0.717, 1.165) is 0 Å². The Morgan fingerprint density at radius 3 is 2.35 bits per heavy atom. The van der Waals surface area contributed by atoms with E-state index in [0.29, 0.717) is 17.2 Å². The Morgan fingerprint density at radius 1 is 1.24 bits per heavy atom. The molecule has 0 aromatic heterocycles. The van der Waals surface area contributed by atoms with Crippen molar-refractivity contribution in [3.05, 3.63) is 17.7 Å². The molecule has 1 rings (SSSR count). The number of hydrogen-bond donors (Lipinski definition) is 1. The van der Waals surface area contributed by atoms with Crippen molar-refractivity contribution in [1.82, 2.24) is 0 Å². The van der Waals surface area contributed by atoms with E-state index in [1.54, 1.807) is 6.07 Å². The standard InChI is InChI=1S/C12H17NO4/c1-7(2)17-11-5-8(12(14)16-4)9(13)6-10(11)15-3/h5-7H,13H2,1-4H3. The highest BCUT2D eigenvalue weighted by Gasteiger charge is 2.16. The lowest BCUT2D eigenvalue weighted by Gasteiger charge is -2.15. The highest BCUT2D eigenvalue weighted by Crippen LogP contribution is 2.33. The summed E-state index contributed by atoms with van der Waals surface area (Å²) in [7, 11) is 2.81. The molecule has 0 aliphatic rings. The second-order valence-electron chi connectivity index (χ2n) is 3.75. The molecule has 17 heavy (non-hydrogen) atoms. The van der Waals surface area contributed by atoms with E-state index in [-0.39, 0.29) is 11.7 Å². The van der Waals surface area contributed by atoms with Gasteiger partial charge in [0.05, 0.1) is 31.6 Å². The van der Waals surface area contributed by atoms with Crippen molar-refractivity contribution >= 4 is 11.7 Å². The van der Waals surface area contributed by atoms with Crippen LogP contribution < -0.4 is 15.2 Å². The first-order valence-corrected chi connectivity index (χ1v) is 5.22. The second kappa shape index (κ2) is 5.43. The lowest BCUT2D eigenvalue weighted by Crippen LogP contribution is -2.10. The van der Waals surface area contributed by atoms with Gasteiger partial charge in [0.1, 0.15) is 0 Å². The number of esters is 1. The third-order valence-electron chi connectivity index (χ3n) is 2.10. The number of ether oxygens (including phenoxy) is 3. The minimum absolute atomic E-state index is 0.0296. The van der Waals surface area contributed by atoms with E-state index in [2.05, 4.69) is 4.74 Å². The Hall–Kier alpha value is -1.91. The van der Waals surface area contributed by atoms with Gasteiger partial charge in [-0.1, -0.05) is 0 Å². The maximum Gasteiger partial charge on any atom is 0.340 e. The molecule has 2 N–H and O–H groups in total. The van der Waals surface area contributed by atoms with Gasteiger partial charge in [0, 0.05) is 12.1 Å². The van der Waals surface area contributed by atoms with Gasteiger partial charge in [-0.2, -0.15) is 0 Å². The smallest absolute Gasteiger partial charge is 0.340 e. The monoisotopic (exact) mass is 239 g/mol. The lowest BCUT2D eigenvalue weighted by molar-refractivity contribution is 0.0601. The number of rotatable bonds is 4. The van der Waals surface area contributed by atoms with E-state index in [9.17, 15) is 4.79 Å². The summed E-state index contributed by atoms with van der Waals surface area (Å²) in [6.45, 7) is 3.77. The predicted octanol–water partition coefficient (Wildman–Crippen LogP) is 1.85. The molecular weight excluding hydrogens is 222 g/mol. The minimum atomic E-state index is -0.501. The first-order chi connectivity index (χ1) is 7.99. The fourth-order valence-corrected chi connectivity index (χ4v) is 1.37. The minimum Gasteiger partial charge on any atom is -0.493 e. The van der Waals surface area contributed by atoms with E-state index in [4.69, 9.17) is 15.2 Å². The van der Waals surface area contributed by atoms with Crippen LogP contribution >= 0.6 is 0 Å². The van der Waals surface area contributed by atoms with Crippen LogP contribution in [0.5, 0.6) is 11.5 Å². The summed E-state index contributed by atoms with van der Waals surface area (Å²) in [6.07, 6.45) is -0.0296. The van der Waals surface area contributed by atoms with Gasteiger partial charge in [0.2, 0.25) is 0 Å². The number of methoxy groups -OCH3 is 2. The van der Waals surface area contributed by atoms with Crippen LogP contribution in [0, 0.1) is 0 Å². The van der Waals surface area contributed by atoms with Crippen LogP contribution in [0.25, 0.3) is 0 Å². The van der Waals surface area contributed by atoms with Crippen LogP contribution in [0.15, 0.2) is 12.1 Å². The molecule has 1 aromatic rings. The molecule has 94 valence electrons. The molecule has 0 atom stereocenters. The van der Waals surface area contributed by atoms with Crippen LogP contribution in [0.4, 0.5) is 5.69 Å². The third-order valence-corrected chi connectivity index (χ3v) is 2.10. The molecule has 0 aliphatic heterocycles. The maximum absolute atomic E-state index is 11.5. The second-order valence-corrected chi connectivity index (χ2v) is 3.75. The first kappa shape index (κ1) is 13.2. The molecule has 0 aliphatic carbocycles. The molecule has 0 fully saturated rings. The molecule has 0 saturated heterocycles. The number of benzene rings is 1. The van der Waals surface area contributed by atoms with Gasteiger partial charge >= 0.3 is 5.97 Å². The van der Waals surface area contributed by atoms with Gasteiger partial charge in [-0.3, -0.25) is 0 Å². The summed E-state index contributed by atoms with van der Waals surface area (Å²) in [5.74, 6) is 0.458. The molecule has 5 heteroatoms. The molecule has 0 heterocycles. The Balaban J connectivity index is 3.22. The number of anilines is 1. The summed E-state index contributed by atoms with van der Waals surface area (Å²) in [5, 5.41) is 0. The summed E-state index contributed by atoms with van der Waals surface area (Å²) in [6, 6.07) is 3.07. The molecule has 0 bridgehead atoms. The summed E-state index contributed by atoms with van der Waals surface area (Å²) >= 11 is 0. The fourth-order valence-electron chi connectivity index (χ4n) is 1.37. The van der Waals surface area contributed by atoms with E-state index in [1.165, 1.54) is 20.3 Å². The Bertz CT molecular complexity index is 415. The highest BCUT2D eigenvalue weighted by atomic mass is 16.5. The van der Waals surface area contributed by atoms with Crippen molar-refractivity contribution in [3.63, 3.8) is 0 Å². The van der Waals surface area contributed by atoms with Gasteiger partial charge in [0.25, 0.3) is 0 Å². The van der Waals surface area contributed by atoms with Crippen molar-refractivity contribution in [3.8, 4) is 11.5 Å². The van der Waals surface area contributed by atoms with Gasteiger partial charge in [-0.25, -0.2) is 4.79 Å². The largest absolute Gasteiger partial charge is 0.493 e. The van der Waals surface area contributed by atoms with Crippen molar-refractivity contribution in [2.45, 2.75) is 20.0 Å². The molecule has 0 saturated carbocycles. The molecule has 1 aromatic carbocycles. The molecule has 5 nitrogen and oxygen atoms in total. The molecular formula is C12H17NO4. The summed E-state index contributed by atoms with van der Waals surface area (Å²) in [4.78, 5) is 11.5. The number of carbonyl (C=O) groups is 1. The molecule has 0 radical (unpaired) electrons. The molecule has 0 spiro atoms. The van der Waals surface area contributed by atoms with E-state index < -0.39 is 5.97 Å². The van der Waals surface area contributed by atoms with E-state index >= 15 is 0 Å². The van der Waals surface area contributed by atoms with Crippen LogP contribution in [0.2, 0.25) is 0 Å². The normalized spacial score (nSPS) is 10.2. The fraction of sp³-hybridized carbons (Fsp3) is 0.417. The van der Waals surface area contributed by atoms with Crippen LogP contribution in [-0.2, 0) is 4.74 Å². The Labute approximate surface area is 100 Å². The van der Waals surface area contributed by atoms with Gasteiger partial charge in [-0.05, 0) is 13.8 Å². The third kappa shape index (κ3) is 3.03. The number of nitrogens with two attached hydrogens (primary N) is 1. The quantitative estimate of drug-likeness (QED) is 0.641. The van der Waals surface area contributed by atoms with Gasteiger partial charge < -0.3 is 19.9 Å². The van der Waals surface area contributed by atoms with Crippen LogP contribution in [0.1, 0.15) is 24.2 Å². The predicted molar refractivity (Wildman–Crippen MR) is 64.5 cm³/mol. The van der Waals surface area contributed by atoms with Crippen LogP contribution in [-0.4, -0.2) is 26.3 Å². The first-order valence-electron chi connectivity index (χ1n) is 5.22. The average molecular weight is 239 g/mol. The Kier molecular flexibility index (Phi) is 4.20. The zero-order valence-electron chi connectivity index (χ0n) is 10.4. The zero-order chi connectivity index (χ0) is 13.0. The topological polar surface area (TPSA) is 70.8 Å². The number of nitrogen functional groups attached to an aromatic ring is 1. The van der Waals surface area contributed by atoms with Gasteiger partial charge in [0.15, 0.2) is 11.5 Å². The highest BCUT2D eigenvalue weighted by molar-refractivity contribution is 5.96. The van der Waals surface area contributed by atoms with Gasteiger partial charge in [-0.15, -0.1) is 0 Å². The number of carbonyl (C=O) groups excluding carboxylic acids is 1. The summed E-state index contributed by atoms with van der Waals surface area (Å²) < 4.78 is 15.3. The maximum atomic E-state index is 11.5. The zero-order valence-corrected chi connectivity index (χ0v) is 10.4. The Morgan fingerprint density at radius 2 is 1.88 bits per heavy atom. The van der Waals surface area contributed by atoms with E-state index in [1.807, 2.05) is 13.8 Å². The van der Waals surface area contributed by atoms with Crippen molar-refractivity contribution in [2.24, 2.45) is 0 Å². The van der Waals surface area contributed by atoms with Crippen molar-refractivity contribution < 1.29 is 19.0 Å². The lowest BCUT2D eigenvalue weighted by atomic mass is 10.1. The molecule has 0 amide bonds. The molecule has 0 unspecified atom stereocenters.